The molecule has 0 bridgehead atoms. The third kappa shape index (κ3) is 3.65. The lowest BCUT2D eigenvalue weighted by Crippen LogP contribution is -2.38. The van der Waals surface area contributed by atoms with Crippen molar-refractivity contribution in [2.75, 3.05) is 6.54 Å². The van der Waals surface area contributed by atoms with Gasteiger partial charge < -0.3 is 10.8 Å². The van der Waals surface area contributed by atoms with E-state index in [0.29, 0.717) is 24.3 Å². The van der Waals surface area contributed by atoms with Gasteiger partial charge in [0, 0.05) is 0 Å². The normalized spacial score (nSPS) is 19.2. The third-order valence-electron chi connectivity index (χ3n) is 3.16. The second-order valence-corrected chi connectivity index (χ2v) is 4.74. The molecule has 2 nitrogen and oxygen atoms in total. The zero-order chi connectivity index (χ0) is 10.6. The highest BCUT2D eigenvalue weighted by Crippen LogP contribution is 2.24. The molecule has 0 aromatic heterocycles. The third-order valence-corrected chi connectivity index (χ3v) is 3.16. The van der Waals surface area contributed by atoms with Crippen molar-refractivity contribution >= 4 is 0 Å². The van der Waals surface area contributed by atoms with Gasteiger partial charge in [-0.05, 0) is 30.2 Å². The molecule has 0 saturated carbocycles. The van der Waals surface area contributed by atoms with E-state index in [0.717, 1.165) is 0 Å². The van der Waals surface area contributed by atoms with Crippen molar-refractivity contribution in [1.82, 2.24) is 0 Å². The van der Waals surface area contributed by atoms with Gasteiger partial charge in [-0.3, -0.25) is 0 Å². The van der Waals surface area contributed by atoms with Gasteiger partial charge >= 0.3 is 0 Å². The molecule has 0 aromatic carbocycles. The minimum absolute atomic E-state index is 0.234. The maximum absolute atomic E-state index is 10.0. The lowest BCUT2D eigenvalue weighted by atomic mass is 9.80. The van der Waals surface area contributed by atoms with Crippen LogP contribution in [0.15, 0.2) is 0 Å². The van der Waals surface area contributed by atoms with Crippen LogP contribution >= 0.6 is 0 Å². The lowest BCUT2D eigenvalue weighted by molar-refractivity contribution is 0.0230. The number of hydrogen-bond donors (Lipinski definition) is 2. The molecule has 0 spiro atoms. The van der Waals surface area contributed by atoms with E-state index in [1.807, 2.05) is 0 Å². The summed E-state index contributed by atoms with van der Waals surface area (Å²) in [6, 6.07) is 0. The Kier molecular flexibility index (Phi) is 5.57. The summed E-state index contributed by atoms with van der Waals surface area (Å²) in [5.74, 6) is 1.54. The van der Waals surface area contributed by atoms with Crippen LogP contribution in [0.25, 0.3) is 0 Å². The van der Waals surface area contributed by atoms with Crippen molar-refractivity contribution in [3.63, 3.8) is 0 Å². The fourth-order valence-electron chi connectivity index (χ4n) is 1.59. The van der Waals surface area contributed by atoms with Crippen LogP contribution in [-0.2, 0) is 0 Å². The van der Waals surface area contributed by atoms with Gasteiger partial charge in [-0.1, -0.05) is 34.6 Å². The SMILES string of the molecule is CC(C)C(C)C(O)C(CN)C(C)C. The Labute approximate surface area is 82.5 Å². The second-order valence-electron chi connectivity index (χ2n) is 4.74. The molecule has 0 amide bonds. The Morgan fingerprint density at radius 1 is 1.00 bits per heavy atom. The predicted octanol–water partition coefficient (Wildman–Crippen LogP) is 1.87. The summed E-state index contributed by atoms with van der Waals surface area (Å²) in [6.07, 6.45) is -0.259. The fraction of sp³-hybridized carbons (Fsp3) is 1.00. The quantitative estimate of drug-likeness (QED) is 0.690. The average Bonchev–Trinajstić information content (AvgIpc) is 2.03. The highest BCUT2D eigenvalue weighted by atomic mass is 16.3. The topological polar surface area (TPSA) is 46.2 Å². The summed E-state index contributed by atoms with van der Waals surface area (Å²) in [5.41, 5.74) is 5.65. The maximum atomic E-state index is 10.0. The zero-order valence-electron chi connectivity index (χ0n) is 9.62. The standard InChI is InChI=1S/C11H25NO/c1-7(2)9(5)11(13)10(6-12)8(3)4/h7-11,13H,6,12H2,1-5H3. The molecule has 0 fully saturated rings. The summed E-state index contributed by atoms with van der Waals surface area (Å²) in [5, 5.41) is 10.0. The first-order valence-corrected chi connectivity index (χ1v) is 5.29. The highest BCUT2D eigenvalue weighted by molar-refractivity contribution is 4.78. The maximum Gasteiger partial charge on any atom is 0.0610 e. The lowest BCUT2D eigenvalue weighted by Gasteiger charge is -2.31. The van der Waals surface area contributed by atoms with E-state index < -0.39 is 0 Å². The Hall–Kier alpha value is -0.0800. The van der Waals surface area contributed by atoms with Gasteiger partial charge in [0.2, 0.25) is 0 Å². The molecule has 3 unspecified atom stereocenters. The van der Waals surface area contributed by atoms with Crippen LogP contribution in [0.5, 0.6) is 0 Å². The van der Waals surface area contributed by atoms with Gasteiger partial charge in [0.1, 0.15) is 0 Å². The molecule has 0 radical (unpaired) electrons. The van der Waals surface area contributed by atoms with E-state index in [1.54, 1.807) is 0 Å². The van der Waals surface area contributed by atoms with Crippen LogP contribution in [0.2, 0.25) is 0 Å². The largest absolute Gasteiger partial charge is 0.392 e. The number of aliphatic hydroxyl groups excluding tert-OH is 1. The van der Waals surface area contributed by atoms with E-state index in [9.17, 15) is 5.11 Å². The van der Waals surface area contributed by atoms with E-state index in [-0.39, 0.29) is 12.0 Å². The monoisotopic (exact) mass is 187 g/mol. The smallest absolute Gasteiger partial charge is 0.0610 e. The first-order valence-electron chi connectivity index (χ1n) is 5.29. The molecule has 0 rings (SSSR count). The predicted molar refractivity (Wildman–Crippen MR) is 57.4 cm³/mol. The zero-order valence-corrected chi connectivity index (χ0v) is 9.62. The first-order chi connectivity index (χ1) is 5.91. The molecule has 80 valence electrons. The molecule has 0 aliphatic heterocycles. The van der Waals surface area contributed by atoms with Crippen molar-refractivity contribution in [3.05, 3.63) is 0 Å². The Balaban J connectivity index is 4.27. The van der Waals surface area contributed by atoms with Gasteiger partial charge in [0.05, 0.1) is 6.10 Å². The molecule has 0 heterocycles. The van der Waals surface area contributed by atoms with Crippen LogP contribution in [0, 0.1) is 23.7 Å². The van der Waals surface area contributed by atoms with E-state index in [2.05, 4.69) is 34.6 Å². The van der Waals surface area contributed by atoms with Crippen molar-refractivity contribution in [2.45, 2.75) is 40.7 Å². The van der Waals surface area contributed by atoms with E-state index in [4.69, 9.17) is 5.73 Å². The Morgan fingerprint density at radius 2 is 1.46 bits per heavy atom. The fourth-order valence-corrected chi connectivity index (χ4v) is 1.59. The molecular formula is C11H25NO. The number of aliphatic hydroxyl groups is 1. The Morgan fingerprint density at radius 3 is 1.69 bits per heavy atom. The van der Waals surface area contributed by atoms with E-state index in [1.165, 1.54) is 0 Å². The Bertz CT molecular complexity index is 134. The summed E-state index contributed by atoms with van der Waals surface area (Å²) < 4.78 is 0. The van der Waals surface area contributed by atoms with Crippen molar-refractivity contribution in [3.8, 4) is 0 Å². The summed E-state index contributed by atoms with van der Waals surface area (Å²) in [6.45, 7) is 11.2. The highest BCUT2D eigenvalue weighted by Gasteiger charge is 2.27. The summed E-state index contributed by atoms with van der Waals surface area (Å²) >= 11 is 0. The molecule has 3 atom stereocenters. The summed E-state index contributed by atoms with van der Waals surface area (Å²) in [7, 11) is 0. The second kappa shape index (κ2) is 5.61. The molecular weight excluding hydrogens is 162 g/mol. The molecule has 13 heavy (non-hydrogen) atoms. The van der Waals surface area contributed by atoms with Gasteiger partial charge in [0.25, 0.3) is 0 Å². The first kappa shape index (κ1) is 12.9. The molecule has 0 aliphatic carbocycles. The van der Waals surface area contributed by atoms with Gasteiger partial charge in [0.15, 0.2) is 0 Å². The average molecular weight is 187 g/mol. The molecule has 3 N–H and O–H groups in total. The van der Waals surface area contributed by atoms with Crippen molar-refractivity contribution in [1.29, 1.82) is 0 Å². The van der Waals surface area contributed by atoms with Crippen LogP contribution in [0.1, 0.15) is 34.6 Å². The minimum atomic E-state index is -0.259. The van der Waals surface area contributed by atoms with Crippen LogP contribution < -0.4 is 5.73 Å². The summed E-state index contributed by atoms with van der Waals surface area (Å²) in [4.78, 5) is 0. The van der Waals surface area contributed by atoms with Gasteiger partial charge in [-0.25, -0.2) is 0 Å². The molecule has 0 saturated heterocycles. The van der Waals surface area contributed by atoms with Crippen molar-refractivity contribution in [2.24, 2.45) is 29.4 Å². The van der Waals surface area contributed by atoms with Crippen LogP contribution in [0.3, 0.4) is 0 Å². The number of nitrogens with two attached hydrogens (primary N) is 1. The molecule has 2 heteroatoms. The van der Waals surface area contributed by atoms with E-state index >= 15 is 0 Å². The molecule has 0 aliphatic rings. The van der Waals surface area contributed by atoms with Gasteiger partial charge in [-0.15, -0.1) is 0 Å². The van der Waals surface area contributed by atoms with Crippen molar-refractivity contribution < 1.29 is 5.11 Å². The molecule has 0 aromatic rings. The van der Waals surface area contributed by atoms with Gasteiger partial charge in [-0.2, -0.15) is 0 Å². The van der Waals surface area contributed by atoms with Crippen LogP contribution in [0.4, 0.5) is 0 Å². The number of rotatable bonds is 5. The minimum Gasteiger partial charge on any atom is -0.392 e. The number of hydrogen-bond acceptors (Lipinski definition) is 2. The van der Waals surface area contributed by atoms with Crippen LogP contribution in [-0.4, -0.2) is 17.8 Å².